The first kappa shape index (κ1) is 15.4. The molecule has 98 valence electrons. The predicted molar refractivity (Wildman–Crippen MR) is 62.1 cm³/mol. The molecule has 6 heteroatoms. The van der Waals surface area contributed by atoms with E-state index in [1.807, 2.05) is 13.8 Å². The van der Waals surface area contributed by atoms with Crippen molar-refractivity contribution in [1.29, 1.82) is 0 Å². The maximum atomic E-state index is 11.7. The summed E-state index contributed by atoms with van der Waals surface area (Å²) in [6.07, 6.45) is 0.313. The minimum atomic E-state index is -0.632. The summed E-state index contributed by atoms with van der Waals surface area (Å²) < 4.78 is 4.40. The van der Waals surface area contributed by atoms with Crippen LogP contribution in [0.1, 0.15) is 27.2 Å². The lowest BCUT2D eigenvalue weighted by Crippen LogP contribution is -2.50. The minimum Gasteiger partial charge on any atom is -0.468 e. The summed E-state index contributed by atoms with van der Waals surface area (Å²) in [6, 6.07) is -0.632. The van der Waals surface area contributed by atoms with E-state index in [1.54, 1.807) is 6.92 Å². The Morgan fingerprint density at radius 2 is 1.82 bits per heavy atom. The van der Waals surface area contributed by atoms with E-state index >= 15 is 0 Å². The molecule has 0 spiro atoms. The molecule has 0 aliphatic rings. The molecule has 0 aromatic carbocycles. The van der Waals surface area contributed by atoms with Gasteiger partial charge in [-0.15, -0.1) is 0 Å². The molecule has 0 saturated carbocycles. The molecule has 0 aliphatic heterocycles. The van der Waals surface area contributed by atoms with E-state index in [9.17, 15) is 14.4 Å². The fourth-order valence-electron chi connectivity index (χ4n) is 1.15. The summed E-state index contributed by atoms with van der Waals surface area (Å²) in [5.41, 5.74) is 0. The minimum absolute atomic E-state index is 0.0526. The first-order valence-corrected chi connectivity index (χ1v) is 5.56. The average molecular weight is 244 g/mol. The molecule has 17 heavy (non-hydrogen) atoms. The van der Waals surface area contributed by atoms with Crippen molar-refractivity contribution in [2.75, 3.05) is 13.7 Å². The molecule has 0 bridgehead atoms. The Balaban J connectivity index is 4.35. The number of ether oxygens (including phenoxy) is 1. The Hall–Kier alpha value is -1.59. The summed E-state index contributed by atoms with van der Waals surface area (Å²) in [6.45, 7) is 5.15. The molecule has 0 unspecified atom stereocenters. The summed E-state index contributed by atoms with van der Waals surface area (Å²) in [5, 5.41) is 5.02. The van der Waals surface area contributed by atoms with Gasteiger partial charge in [0, 0.05) is 6.42 Å². The van der Waals surface area contributed by atoms with E-state index in [2.05, 4.69) is 15.4 Å². The number of hydrogen-bond acceptors (Lipinski definition) is 4. The van der Waals surface area contributed by atoms with E-state index in [-0.39, 0.29) is 24.3 Å². The second-order valence-electron chi connectivity index (χ2n) is 3.94. The first-order valence-electron chi connectivity index (χ1n) is 5.56. The molecular weight excluding hydrogens is 224 g/mol. The zero-order valence-electron chi connectivity index (χ0n) is 10.7. The number of amides is 2. The van der Waals surface area contributed by atoms with E-state index in [0.717, 1.165) is 0 Å². The standard InChI is InChI=1S/C11H20N2O4/c1-5-8(14)13-10(7(2)3)11(16)12-6-9(15)17-4/h7,10H,5-6H2,1-4H3,(H,12,16)(H,13,14)/t10-/m1/s1. The molecule has 1 atom stereocenters. The molecule has 2 N–H and O–H groups in total. The fraction of sp³-hybridized carbons (Fsp3) is 0.727. The number of carbonyl (C=O) groups excluding carboxylic acids is 3. The third-order valence-corrected chi connectivity index (χ3v) is 2.22. The summed E-state index contributed by atoms with van der Waals surface area (Å²) in [5.74, 6) is -1.16. The van der Waals surface area contributed by atoms with Crippen LogP contribution >= 0.6 is 0 Å². The lowest BCUT2D eigenvalue weighted by Gasteiger charge is -2.21. The van der Waals surface area contributed by atoms with Crippen LogP contribution in [0, 0.1) is 5.92 Å². The van der Waals surface area contributed by atoms with Crippen molar-refractivity contribution >= 4 is 17.8 Å². The Labute approximate surface area is 101 Å². The Morgan fingerprint density at radius 1 is 1.24 bits per heavy atom. The molecule has 0 rings (SSSR count). The fourth-order valence-corrected chi connectivity index (χ4v) is 1.15. The normalized spacial score (nSPS) is 11.8. The summed E-state index contributed by atoms with van der Waals surface area (Å²) in [4.78, 5) is 33.8. The van der Waals surface area contributed by atoms with Crippen LogP contribution in [0.4, 0.5) is 0 Å². The van der Waals surface area contributed by atoms with Crippen LogP contribution in [-0.2, 0) is 19.1 Å². The monoisotopic (exact) mass is 244 g/mol. The highest BCUT2D eigenvalue weighted by Gasteiger charge is 2.23. The van der Waals surface area contributed by atoms with Crippen molar-refractivity contribution in [2.45, 2.75) is 33.2 Å². The maximum absolute atomic E-state index is 11.7. The molecule has 0 fully saturated rings. The smallest absolute Gasteiger partial charge is 0.325 e. The van der Waals surface area contributed by atoms with Gasteiger partial charge in [-0.25, -0.2) is 0 Å². The van der Waals surface area contributed by atoms with Gasteiger partial charge in [0.25, 0.3) is 0 Å². The second-order valence-corrected chi connectivity index (χ2v) is 3.94. The Kier molecular flexibility index (Phi) is 6.93. The van der Waals surface area contributed by atoms with Gasteiger partial charge >= 0.3 is 5.97 Å². The SMILES string of the molecule is CCC(=O)N[C@@H](C(=O)NCC(=O)OC)C(C)C. The van der Waals surface area contributed by atoms with Crippen LogP contribution in [0.5, 0.6) is 0 Å². The van der Waals surface area contributed by atoms with E-state index < -0.39 is 12.0 Å². The van der Waals surface area contributed by atoms with E-state index in [4.69, 9.17) is 0 Å². The number of methoxy groups -OCH3 is 1. The summed E-state index contributed by atoms with van der Waals surface area (Å²) >= 11 is 0. The third-order valence-electron chi connectivity index (χ3n) is 2.22. The zero-order valence-corrected chi connectivity index (χ0v) is 10.7. The molecule has 0 saturated heterocycles. The molecule has 2 amide bonds. The molecule has 0 heterocycles. The van der Waals surface area contributed by atoms with Crippen molar-refractivity contribution in [3.05, 3.63) is 0 Å². The van der Waals surface area contributed by atoms with Crippen molar-refractivity contribution in [2.24, 2.45) is 5.92 Å². The van der Waals surface area contributed by atoms with Gasteiger partial charge < -0.3 is 15.4 Å². The van der Waals surface area contributed by atoms with Crippen molar-refractivity contribution in [3.8, 4) is 0 Å². The van der Waals surface area contributed by atoms with Gasteiger partial charge in [0.15, 0.2) is 0 Å². The van der Waals surface area contributed by atoms with Gasteiger partial charge in [0.2, 0.25) is 11.8 Å². The average Bonchev–Trinajstić information content (AvgIpc) is 2.31. The molecular formula is C11H20N2O4. The predicted octanol–water partition coefficient (Wildman–Crippen LogP) is -0.174. The highest BCUT2D eigenvalue weighted by Crippen LogP contribution is 2.02. The number of rotatable bonds is 6. The van der Waals surface area contributed by atoms with Gasteiger partial charge in [0.1, 0.15) is 12.6 Å². The highest BCUT2D eigenvalue weighted by molar-refractivity contribution is 5.89. The Bertz CT molecular complexity index is 289. The molecule has 0 aliphatic carbocycles. The van der Waals surface area contributed by atoms with E-state index in [1.165, 1.54) is 7.11 Å². The lowest BCUT2D eigenvalue weighted by molar-refractivity contribution is -0.141. The summed E-state index contributed by atoms with van der Waals surface area (Å²) in [7, 11) is 1.24. The first-order chi connectivity index (χ1) is 7.92. The molecule has 0 aromatic rings. The highest BCUT2D eigenvalue weighted by atomic mass is 16.5. The van der Waals surface area contributed by atoms with E-state index in [0.29, 0.717) is 6.42 Å². The largest absolute Gasteiger partial charge is 0.468 e. The van der Waals surface area contributed by atoms with Crippen LogP contribution in [0.3, 0.4) is 0 Å². The van der Waals surface area contributed by atoms with Crippen LogP contribution < -0.4 is 10.6 Å². The van der Waals surface area contributed by atoms with Crippen LogP contribution in [0.15, 0.2) is 0 Å². The van der Waals surface area contributed by atoms with Gasteiger partial charge in [-0.2, -0.15) is 0 Å². The van der Waals surface area contributed by atoms with Gasteiger partial charge in [-0.3, -0.25) is 14.4 Å². The van der Waals surface area contributed by atoms with Crippen LogP contribution in [0.25, 0.3) is 0 Å². The molecule has 6 nitrogen and oxygen atoms in total. The number of carbonyl (C=O) groups is 3. The van der Waals surface area contributed by atoms with Crippen molar-refractivity contribution < 1.29 is 19.1 Å². The van der Waals surface area contributed by atoms with Crippen LogP contribution in [0.2, 0.25) is 0 Å². The van der Waals surface area contributed by atoms with Crippen molar-refractivity contribution in [1.82, 2.24) is 10.6 Å². The van der Waals surface area contributed by atoms with Gasteiger partial charge in [-0.05, 0) is 5.92 Å². The Morgan fingerprint density at radius 3 is 2.24 bits per heavy atom. The number of hydrogen-bond donors (Lipinski definition) is 2. The maximum Gasteiger partial charge on any atom is 0.325 e. The third kappa shape index (κ3) is 5.89. The number of nitrogens with one attached hydrogen (secondary N) is 2. The number of esters is 1. The topological polar surface area (TPSA) is 84.5 Å². The van der Waals surface area contributed by atoms with Crippen molar-refractivity contribution in [3.63, 3.8) is 0 Å². The molecule has 0 radical (unpaired) electrons. The zero-order chi connectivity index (χ0) is 13.4. The quantitative estimate of drug-likeness (QED) is 0.635. The van der Waals surface area contributed by atoms with Gasteiger partial charge in [-0.1, -0.05) is 20.8 Å². The second kappa shape index (κ2) is 7.65. The lowest BCUT2D eigenvalue weighted by atomic mass is 10.0. The van der Waals surface area contributed by atoms with Crippen LogP contribution in [-0.4, -0.2) is 37.5 Å². The molecule has 0 aromatic heterocycles. The van der Waals surface area contributed by atoms with Gasteiger partial charge in [0.05, 0.1) is 7.11 Å².